The number of unbranched alkanes of at least 4 members (excludes halogenated alkanes) is 14. The van der Waals surface area contributed by atoms with Gasteiger partial charge in [0.2, 0.25) is 0 Å². The summed E-state index contributed by atoms with van der Waals surface area (Å²) in [7, 11) is 0. The lowest BCUT2D eigenvalue weighted by Gasteiger charge is -2.08. The van der Waals surface area contributed by atoms with Gasteiger partial charge in [-0.2, -0.15) is 0 Å². The molecule has 0 aliphatic carbocycles. The smallest absolute Gasteiger partial charge is 0.303 e. The molecule has 24 heavy (non-hydrogen) atoms. The molecule has 1 aliphatic rings. The van der Waals surface area contributed by atoms with Gasteiger partial charge < -0.3 is 5.11 Å². The fourth-order valence-electron chi connectivity index (χ4n) is 2.73. The minimum atomic E-state index is -0.653. The fraction of sp³-hybridized carbons (Fsp3) is 0.950. The average molecular weight is 345 g/mol. The van der Waals surface area contributed by atoms with Crippen molar-refractivity contribution in [1.29, 1.82) is 0 Å². The van der Waals surface area contributed by atoms with Gasteiger partial charge in [0.25, 0.3) is 0 Å². The molecule has 0 atom stereocenters. The summed E-state index contributed by atoms with van der Waals surface area (Å²) in [6.07, 6.45) is 20.2. The Morgan fingerprint density at radius 1 is 0.667 bits per heavy atom. The first-order chi connectivity index (χ1) is 11.8. The van der Waals surface area contributed by atoms with E-state index in [0.717, 1.165) is 26.1 Å². The minimum absolute atomic E-state index is 0.345. The molecule has 4 heteroatoms. The average Bonchev–Trinajstić information content (AvgIpc) is 2.49. The largest absolute Gasteiger partial charge is 0.481 e. The van der Waals surface area contributed by atoms with Crippen LogP contribution in [0.5, 0.6) is 0 Å². The molecule has 0 aromatic rings. The van der Waals surface area contributed by atoms with Crippen LogP contribution in [0.15, 0.2) is 0 Å². The maximum Gasteiger partial charge on any atom is 0.303 e. The molecule has 1 saturated heterocycles. The van der Waals surface area contributed by atoms with Gasteiger partial charge in [0.05, 0.1) is 0 Å². The summed E-state index contributed by atoms with van der Waals surface area (Å²) >= 11 is 0. The Labute approximate surface area is 149 Å². The predicted octanol–water partition coefficient (Wildman–Crippen LogP) is 6.28. The maximum atomic E-state index is 10.3. The fourth-order valence-corrected chi connectivity index (χ4v) is 2.73. The van der Waals surface area contributed by atoms with E-state index in [1.165, 1.54) is 83.5 Å². The van der Waals surface area contributed by atoms with Crippen molar-refractivity contribution in [2.24, 2.45) is 0 Å². The number of aliphatic carboxylic acids is 1. The van der Waals surface area contributed by atoms with E-state index < -0.39 is 5.97 Å². The number of rotatable bonds is 16. The molecule has 1 fully saturated rings. The molecule has 1 rings (SSSR count). The zero-order valence-electron chi connectivity index (χ0n) is 15.9. The van der Waals surface area contributed by atoms with Crippen LogP contribution in [-0.4, -0.2) is 24.3 Å². The lowest BCUT2D eigenvalue weighted by atomic mass is 10.0. The molecule has 1 N–H and O–H groups in total. The molecular weight excluding hydrogens is 304 g/mol. The van der Waals surface area contributed by atoms with Crippen molar-refractivity contribution >= 4 is 5.97 Å². The quantitative estimate of drug-likeness (QED) is 0.264. The summed E-state index contributed by atoms with van der Waals surface area (Å²) in [5, 5.41) is 8.52. The van der Waals surface area contributed by atoms with E-state index in [9.17, 15) is 4.79 Å². The van der Waals surface area contributed by atoms with Crippen molar-refractivity contribution < 1.29 is 19.7 Å². The van der Waals surface area contributed by atoms with Crippen molar-refractivity contribution in [3.8, 4) is 0 Å². The summed E-state index contributed by atoms with van der Waals surface area (Å²) in [4.78, 5) is 18.8. The summed E-state index contributed by atoms with van der Waals surface area (Å²) in [5.74, 6) is -0.653. The Bertz CT molecular complexity index is 248. The van der Waals surface area contributed by atoms with Crippen LogP contribution in [0.3, 0.4) is 0 Å². The highest BCUT2D eigenvalue weighted by atomic mass is 17.2. The third-order valence-electron chi connectivity index (χ3n) is 4.33. The third-order valence-corrected chi connectivity index (χ3v) is 4.33. The van der Waals surface area contributed by atoms with Gasteiger partial charge in [0.1, 0.15) is 13.2 Å². The van der Waals surface area contributed by atoms with Gasteiger partial charge in [0.15, 0.2) is 0 Å². The van der Waals surface area contributed by atoms with Crippen LogP contribution in [-0.2, 0) is 14.6 Å². The van der Waals surface area contributed by atoms with E-state index in [0.29, 0.717) is 6.42 Å². The summed E-state index contributed by atoms with van der Waals surface area (Å²) in [6, 6.07) is 0. The molecule has 144 valence electrons. The van der Waals surface area contributed by atoms with Gasteiger partial charge in [-0.05, 0) is 6.42 Å². The first kappa shape index (κ1) is 23.4. The Morgan fingerprint density at radius 2 is 0.958 bits per heavy atom. The summed E-state index contributed by atoms with van der Waals surface area (Å²) in [5.41, 5.74) is 0. The molecular formula is C20H40O4. The molecule has 4 nitrogen and oxygen atoms in total. The van der Waals surface area contributed by atoms with Gasteiger partial charge in [-0.15, -0.1) is 0 Å². The number of hydrogen-bond donors (Lipinski definition) is 1. The lowest BCUT2D eigenvalue weighted by molar-refractivity contribution is -0.382. The Hall–Kier alpha value is -0.610. The van der Waals surface area contributed by atoms with Crippen molar-refractivity contribution in [1.82, 2.24) is 0 Å². The minimum Gasteiger partial charge on any atom is -0.481 e. The molecule has 0 radical (unpaired) electrons. The normalized spacial score (nSPS) is 13.0. The van der Waals surface area contributed by atoms with Crippen molar-refractivity contribution in [2.45, 2.75) is 110 Å². The number of carboxylic acids is 1. The second kappa shape index (κ2) is 20.4. The van der Waals surface area contributed by atoms with E-state index >= 15 is 0 Å². The number of carboxylic acid groups (broad SMARTS) is 1. The monoisotopic (exact) mass is 344 g/mol. The molecule has 1 heterocycles. The zero-order valence-corrected chi connectivity index (χ0v) is 15.9. The Morgan fingerprint density at radius 3 is 1.21 bits per heavy atom. The van der Waals surface area contributed by atoms with Gasteiger partial charge >= 0.3 is 5.97 Å². The van der Waals surface area contributed by atoms with Crippen LogP contribution in [0.1, 0.15) is 110 Å². The first-order valence-corrected chi connectivity index (χ1v) is 10.2. The van der Waals surface area contributed by atoms with E-state index in [-0.39, 0.29) is 0 Å². The number of carbonyl (C=O) groups is 1. The highest BCUT2D eigenvalue weighted by Crippen LogP contribution is 2.13. The van der Waals surface area contributed by atoms with Crippen LogP contribution in [0.2, 0.25) is 0 Å². The van der Waals surface area contributed by atoms with Crippen molar-refractivity contribution in [3.63, 3.8) is 0 Å². The van der Waals surface area contributed by atoms with Crippen LogP contribution in [0.4, 0.5) is 0 Å². The molecule has 0 saturated carbocycles. The maximum absolute atomic E-state index is 10.3. The van der Waals surface area contributed by atoms with Crippen molar-refractivity contribution in [2.75, 3.05) is 13.2 Å². The highest BCUT2D eigenvalue weighted by molar-refractivity contribution is 5.66. The standard InChI is InChI=1S/C18H36O2.C2H4O2/c1-2-3-4-5-6-7-8-9-10-11-12-13-14-15-16-17-18(19)20;1-2-4-3-1/h2-17H2,1H3,(H,19,20);1-2H2. The second-order valence-electron chi connectivity index (χ2n) is 6.74. The molecule has 0 aromatic heterocycles. The van der Waals surface area contributed by atoms with Crippen molar-refractivity contribution in [3.05, 3.63) is 0 Å². The molecule has 0 amide bonds. The van der Waals surface area contributed by atoms with Gasteiger partial charge in [-0.1, -0.05) is 96.8 Å². The molecule has 0 aromatic carbocycles. The van der Waals surface area contributed by atoms with E-state index in [1.54, 1.807) is 0 Å². The van der Waals surface area contributed by atoms with Gasteiger partial charge in [-0.25, -0.2) is 9.78 Å². The zero-order chi connectivity index (χ0) is 17.7. The first-order valence-electron chi connectivity index (χ1n) is 10.2. The molecule has 0 spiro atoms. The Balaban J connectivity index is 0.00000114. The molecule has 1 aliphatic heterocycles. The molecule has 0 unspecified atom stereocenters. The van der Waals surface area contributed by atoms with Gasteiger partial charge in [-0.3, -0.25) is 4.79 Å². The van der Waals surface area contributed by atoms with Crippen LogP contribution in [0, 0.1) is 0 Å². The second-order valence-corrected chi connectivity index (χ2v) is 6.74. The van der Waals surface area contributed by atoms with Crippen LogP contribution < -0.4 is 0 Å². The summed E-state index contributed by atoms with van der Waals surface area (Å²) in [6.45, 7) is 3.83. The predicted molar refractivity (Wildman–Crippen MR) is 99.1 cm³/mol. The number of hydrogen-bond acceptors (Lipinski definition) is 3. The van der Waals surface area contributed by atoms with Crippen LogP contribution in [0.25, 0.3) is 0 Å². The van der Waals surface area contributed by atoms with Gasteiger partial charge in [0, 0.05) is 6.42 Å². The summed E-state index contributed by atoms with van der Waals surface area (Å²) < 4.78 is 0. The Kier molecular flexibility index (Phi) is 19.9. The highest BCUT2D eigenvalue weighted by Gasteiger charge is 1.97. The van der Waals surface area contributed by atoms with E-state index in [2.05, 4.69) is 16.7 Å². The molecule has 0 bridgehead atoms. The lowest BCUT2D eigenvalue weighted by Crippen LogP contribution is -2.14. The van der Waals surface area contributed by atoms with E-state index in [4.69, 9.17) is 5.11 Å². The van der Waals surface area contributed by atoms with E-state index in [1.807, 2.05) is 0 Å². The SMILES string of the molecule is C1COO1.CCCCCCCCCCCCCCCCCC(=O)O. The topological polar surface area (TPSA) is 55.8 Å². The third kappa shape index (κ3) is 21.4. The van der Waals surface area contributed by atoms with Crippen LogP contribution >= 0.6 is 0 Å².